The zero-order chi connectivity index (χ0) is 54.8. The van der Waals surface area contributed by atoms with E-state index in [1.54, 1.807) is 0 Å². The molecule has 1 atom stereocenters. The van der Waals surface area contributed by atoms with Crippen LogP contribution in [0.2, 0.25) is 0 Å². The van der Waals surface area contributed by atoms with E-state index in [1.165, 1.54) is 54.1 Å². The summed E-state index contributed by atoms with van der Waals surface area (Å²) < 4.78 is 16.9. The Balaban J connectivity index is 0.812. The van der Waals surface area contributed by atoms with Crippen molar-refractivity contribution in [1.29, 1.82) is 0 Å². The van der Waals surface area contributed by atoms with Gasteiger partial charge in [-0.3, -0.25) is 9.97 Å². The molecule has 11 aromatic carbocycles. The second-order valence-corrected chi connectivity index (χ2v) is 22.4. The van der Waals surface area contributed by atoms with E-state index in [9.17, 15) is 0 Å². The van der Waals surface area contributed by atoms with E-state index in [-0.39, 0.29) is 0 Å². The minimum Gasteiger partial charge on any atom is -0.457 e. The van der Waals surface area contributed by atoms with Gasteiger partial charge in [0.2, 0.25) is 0 Å². The van der Waals surface area contributed by atoms with E-state index in [1.807, 2.05) is 12.4 Å². The van der Waals surface area contributed by atoms with Gasteiger partial charge < -0.3 is 23.0 Å². The summed E-state index contributed by atoms with van der Waals surface area (Å²) in [7, 11) is 0. The molecule has 1 aliphatic heterocycles. The summed E-state index contributed by atoms with van der Waals surface area (Å²) in [5.41, 5.74) is 20.7. The van der Waals surface area contributed by atoms with Crippen molar-refractivity contribution in [3.8, 4) is 56.8 Å². The van der Waals surface area contributed by atoms with Crippen molar-refractivity contribution in [3.63, 3.8) is 0 Å². The number of fused-ring (bicyclic) bond motifs is 21. The predicted molar refractivity (Wildman–Crippen MR) is 342 cm³/mol. The van der Waals surface area contributed by atoms with Gasteiger partial charge in [-0.2, -0.15) is 0 Å². The average Bonchev–Trinajstić information content (AvgIpc) is 4.50. The Morgan fingerprint density at radius 1 is 0.262 bits per heavy atom. The highest BCUT2D eigenvalue weighted by Crippen LogP contribution is 2.62. The molecule has 7 heteroatoms. The lowest BCUT2D eigenvalue weighted by Crippen LogP contribution is -2.32. The zero-order valence-corrected chi connectivity index (χ0v) is 45.1. The summed E-state index contributed by atoms with van der Waals surface area (Å²) in [6.07, 6.45) is 3.93. The van der Waals surface area contributed by atoms with E-state index in [2.05, 4.69) is 285 Å². The van der Waals surface area contributed by atoms with Crippen LogP contribution in [-0.4, -0.2) is 28.2 Å². The molecule has 84 heavy (non-hydrogen) atoms. The summed E-state index contributed by atoms with van der Waals surface area (Å²) in [6.45, 7) is 0. The first-order valence-corrected chi connectivity index (χ1v) is 28.7. The van der Waals surface area contributed by atoms with Crippen molar-refractivity contribution in [2.45, 2.75) is 5.41 Å². The molecule has 19 rings (SSSR count). The fourth-order valence-electron chi connectivity index (χ4n) is 14.9. The lowest BCUT2D eigenvalue weighted by atomic mass is 9.66. The van der Waals surface area contributed by atoms with Crippen LogP contribution in [0.3, 0.4) is 0 Å². The summed E-state index contributed by atoms with van der Waals surface area (Å²) in [4.78, 5) is 10.7. The van der Waals surface area contributed by atoms with Gasteiger partial charge in [0.1, 0.15) is 11.5 Å². The number of nitrogens with zero attached hydrogens (tertiary/aromatic N) is 6. The van der Waals surface area contributed by atoms with E-state index >= 15 is 0 Å². The molecule has 17 aromatic rings. The third kappa shape index (κ3) is 6.03. The monoisotopic (exact) mass is 1070 g/mol. The van der Waals surface area contributed by atoms with Crippen molar-refractivity contribution in [2.24, 2.45) is 0 Å². The molecule has 0 saturated heterocycles. The molecule has 0 unspecified atom stereocenters. The average molecular weight is 1070 g/mol. The molecule has 390 valence electrons. The fraction of sp³-hybridized carbons (Fsp3) is 0.0130. The number of rotatable bonds is 5. The van der Waals surface area contributed by atoms with Crippen molar-refractivity contribution < 1.29 is 4.74 Å². The van der Waals surface area contributed by atoms with E-state index < -0.39 is 5.41 Å². The number of pyridine rings is 2. The molecule has 0 saturated carbocycles. The normalized spacial score (nSPS) is 14.3. The van der Waals surface area contributed by atoms with Gasteiger partial charge in [-0.05, 0) is 126 Å². The molecule has 0 fully saturated rings. The number of ether oxygens (including phenoxy) is 1. The Labute approximate surface area is 481 Å². The molecule has 2 aliphatic rings. The number of hydrogen-bond acceptors (Lipinski definition) is 3. The van der Waals surface area contributed by atoms with Gasteiger partial charge >= 0.3 is 0 Å². The van der Waals surface area contributed by atoms with Gasteiger partial charge in [0.05, 0.1) is 72.8 Å². The van der Waals surface area contributed by atoms with Crippen LogP contribution >= 0.6 is 0 Å². The van der Waals surface area contributed by atoms with Gasteiger partial charge in [-0.1, -0.05) is 152 Å². The molecule has 0 amide bonds. The van der Waals surface area contributed by atoms with E-state index in [0.29, 0.717) is 0 Å². The molecular weight excluding hydrogens is 1020 g/mol. The van der Waals surface area contributed by atoms with Gasteiger partial charge in [0, 0.05) is 89.1 Å². The molecular formula is C77H46N6O. The number of para-hydroxylation sites is 7. The summed E-state index contributed by atoms with van der Waals surface area (Å²) in [5, 5.41) is 9.70. The first kappa shape index (κ1) is 45.4. The lowest BCUT2D eigenvalue weighted by Gasteiger charge is -2.39. The third-order valence-corrected chi connectivity index (χ3v) is 18.3. The maximum absolute atomic E-state index is 7.36. The molecule has 6 aromatic heterocycles. The SMILES string of the molecule is c1cnc2c(c1)[C@@]1(c3ccc(-n4c5ccccc5c5ccccc54)cc3Oc3ccc(-c4ccc5c(c4)c4ccccc4n5-c4ccc(-n5c6ccccc6c6ccccc65)cc4)cc31)c1cc(-n3c4ccccc4c4ccccc43)cnc1-2. The van der Waals surface area contributed by atoms with Crippen LogP contribution in [0, 0.1) is 0 Å². The first-order chi connectivity index (χ1) is 41.7. The summed E-state index contributed by atoms with van der Waals surface area (Å²) >= 11 is 0. The van der Waals surface area contributed by atoms with Crippen molar-refractivity contribution in [3.05, 3.63) is 302 Å². The Kier molecular flexibility index (Phi) is 9.14. The Morgan fingerprint density at radius 3 is 1.20 bits per heavy atom. The number of aromatic nitrogens is 6. The van der Waals surface area contributed by atoms with Crippen LogP contribution in [-0.2, 0) is 5.41 Å². The van der Waals surface area contributed by atoms with Crippen molar-refractivity contribution in [1.82, 2.24) is 28.2 Å². The maximum atomic E-state index is 7.36. The molecule has 7 heterocycles. The lowest BCUT2D eigenvalue weighted by molar-refractivity contribution is 0.436. The van der Waals surface area contributed by atoms with Gasteiger partial charge in [0.25, 0.3) is 0 Å². The smallest absolute Gasteiger partial charge is 0.134 e. The van der Waals surface area contributed by atoms with Gasteiger partial charge in [-0.25, -0.2) is 0 Å². The van der Waals surface area contributed by atoms with E-state index in [4.69, 9.17) is 14.7 Å². The van der Waals surface area contributed by atoms with Crippen LogP contribution in [0.25, 0.3) is 132 Å². The Bertz CT molecular complexity index is 5520. The molecule has 0 radical (unpaired) electrons. The minimum atomic E-state index is -0.884. The maximum Gasteiger partial charge on any atom is 0.134 e. The van der Waals surface area contributed by atoms with Crippen LogP contribution in [0.5, 0.6) is 11.5 Å². The van der Waals surface area contributed by atoms with Crippen molar-refractivity contribution in [2.75, 3.05) is 0 Å². The third-order valence-electron chi connectivity index (χ3n) is 18.3. The summed E-state index contributed by atoms with van der Waals surface area (Å²) in [6, 6.07) is 97.3. The Hall–Kier alpha value is -11.3. The number of benzene rings is 11. The van der Waals surface area contributed by atoms with Crippen LogP contribution < -0.4 is 4.74 Å². The highest BCUT2D eigenvalue weighted by atomic mass is 16.5. The molecule has 0 N–H and O–H groups in total. The van der Waals surface area contributed by atoms with Gasteiger partial charge in [0.15, 0.2) is 0 Å². The van der Waals surface area contributed by atoms with Crippen LogP contribution in [0.1, 0.15) is 22.3 Å². The zero-order valence-electron chi connectivity index (χ0n) is 45.1. The second-order valence-electron chi connectivity index (χ2n) is 22.4. The standard InChI is InChI=1S/C77H46N6O/c1-8-24-65-53(16-1)54-17-2-9-25-66(54)80(65)49-33-35-50(36-34-49)81-71-30-14-7-22-59(71)60-42-47(31-39-72(60)81)48-32-40-73-63(43-48)77(61-38-37-51(45-74(61)84-73)82-67-26-10-3-18-55(67)56-19-4-11-27-68(56)82)62-23-15-41-78-75(62)76-64(77)44-52(46-79-76)83-69-28-12-5-20-57(69)58-21-6-13-29-70(58)83/h1-46H/t77-/m1/s1. The van der Waals surface area contributed by atoms with Crippen molar-refractivity contribution >= 4 is 87.2 Å². The molecule has 1 spiro atoms. The molecule has 1 aliphatic carbocycles. The number of hydrogen-bond donors (Lipinski definition) is 0. The predicted octanol–water partition coefficient (Wildman–Crippen LogP) is 19.0. The largest absolute Gasteiger partial charge is 0.457 e. The van der Waals surface area contributed by atoms with E-state index in [0.717, 1.165) is 112 Å². The highest BCUT2D eigenvalue weighted by Gasteiger charge is 2.53. The van der Waals surface area contributed by atoms with Gasteiger partial charge in [-0.15, -0.1) is 0 Å². The highest BCUT2D eigenvalue weighted by molar-refractivity contribution is 6.13. The second kappa shape index (κ2) is 16.9. The quantitative estimate of drug-likeness (QED) is 0.173. The fourth-order valence-corrected chi connectivity index (χ4v) is 14.9. The first-order valence-electron chi connectivity index (χ1n) is 28.7. The van der Waals surface area contributed by atoms with Crippen LogP contribution in [0.15, 0.2) is 279 Å². The molecule has 7 nitrogen and oxygen atoms in total. The topological polar surface area (TPSA) is 54.7 Å². The minimum absolute atomic E-state index is 0.789. The van der Waals surface area contributed by atoms with Crippen LogP contribution in [0.4, 0.5) is 0 Å². The summed E-state index contributed by atoms with van der Waals surface area (Å²) in [5.74, 6) is 1.58. The molecule has 0 bridgehead atoms. The Morgan fingerprint density at radius 2 is 0.679 bits per heavy atom.